The van der Waals surface area contributed by atoms with E-state index < -0.39 is 22.5 Å². The summed E-state index contributed by atoms with van der Waals surface area (Å²) in [7, 11) is -3.85. The number of carboxylic acid groups (broad SMARTS) is 1. The molecule has 2 aromatic rings. The highest BCUT2D eigenvalue weighted by Gasteiger charge is 2.25. The summed E-state index contributed by atoms with van der Waals surface area (Å²) in [6.07, 6.45) is 1.91. The molecular formula is C12H15N5O4S. The highest BCUT2D eigenvalue weighted by Crippen LogP contribution is 2.18. The number of carboxylic acids is 1. The molecule has 9 nitrogen and oxygen atoms in total. The van der Waals surface area contributed by atoms with Gasteiger partial charge in [0.15, 0.2) is 0 Å². The fourth-order valence-electron chi connectivity index (χ4n) is 1.88. The van der Waals surface area contributed by atoms with Crippen molar-refractivity contribution >= 4 is 16.0 Å². The molecule has 0 unspecified atom stereocenters. The van der Waals surface area contributed by atoms with Crippen LogP contribution in [-0.2, 0) is 14.8 Å². The quantitative estimate of drug-likeness (QED) is 0.769. The topological polar surface area (TPSA) is 118 Å². The molecule has 0 fully saturated rings. The molecule has 0 amide bonds. The second-order valence-corrected chi connectivity index (χ2v) is 6.42. The molecule has 0 bridgehead atoms. The van der Waals surface area contributed by atoms with Crippen LogP contribution < -0.4 is 0 Å². The van der Waals surface area contributed by atoms with E-state index in [9.17, 15) is 13.2 Å². The molecule has 1 heterocycles. The number of aliphatic carboxylic acids is 1. The van der Waals surface area contributed by atoms with Crippen molar-refractivity contribution < 1.29 is 18.3 Å². The number of rotatable bonds is 7. The standard InChI is InChI=1S/C12H15N5O4S/c1-2-7-16(8-12(18)19)22(20,21)11-5-3-10(4-6-11)17-9-13-14-15-17/h3-6,9H,2,7-8H2,1H3,(H,18,19). The van der Waals surface area contributed by atoms with Crippen LogP contribution in [0.3, 0.4) is 0 Å². The minimum Gasteiger partial charge on any atom is -0.480 e. The predicted molar refractivity (Wildman–Crippen MR) is 75.8 cm³/mol. The van der Waals surface area contributed by atoms with Crippen LogP contribution in [0.2, 0.25) is 0 Å². The van der Waals surface area contributed by atoms with E-state index in [0.29, 0.717) is 12.1 Å². The van der Waals surface area contributed by atoms with Crippen molar-refractivity contribution in [2.45, 2.75) is 18.2 Å². The van der Waals surface area contributed by atoms with Crippen LogP contribution in [0.25, 0.3) is 5.69 Å². The first kappa shape index (κ1) is 16.0. The first-order chi connectivity index (χ1) is 10.4. The molecule has 118 valence electrons. The Kier molecular flexibility index (Phi) is 4.83. The van der Waals surface area contributed by atoms with Gasteiger partial charge in [0.1, 0.15) is 12.9 Å². The largest absolute Gasteiger partial charge is 0.480 e. The van der Waals surface area contributed by atoms with E-state index in [0.717, 1.165) is 4.31 Å². The van der Waals surface area contributed by atoms with Gasteiger partial charge in [-0.15, -0.1) is 5.10 Å². The number of tetrazole rings is 1. The Morgan fingerprint density at radius 1 is 1.32 bits per heavy atom. The Bertz CT molecular complexity index is 727. The summed E-state index contributed by atoms with van der Waals surface area (Å²) in [6.45, 7) is 1.36. The number of aromatic nitrogens is 4. The SMILES string of the molecule is CCCN(CC(=O)O)S(=O)(=O)c1ccc(-n2cnnn2)cc1. The predicted octanol–water partition coefficient (Wildman–Crippen LogP) is 0.148. The van der Waals surface area contributed by atoms with Gasteiger partial charge in [-0.05, 0) is 41.1 Å². The number of sulfonamides is 1. The molecule has 0 aliphatic rings. The maximum Gasteiger partial charge on any atom is 0.318 e. The Morgan fingerprint density at radius 3 is 2.50 bits per heavy atom. The lowest BCUT2D eigenvalue weighted by atomic mass is 10.3. The van der Waals surface area contributed by atoms with E-state index in [4.69, 9.17) is 5.11 Å². The summed E-state index contributed by atoms with van der Waals surface area (Å²) in [5.41, 5.74) is 0.601. The molecule has 2 rings (SSSR count). The van der Waals surface area contributed by atoms with E-state index in [2.05, 4.69) is 15.5 Å². The third kappa shape index (κ3) is 3.46. The van der Waals surface area contributed by atoms with E-state index in [1.54, 1.807) is 19.1 Å². The van der Waals surface area contributed by atoms with Crippen molar-refractivity contribution in [2.24, 2.45) is 0 Å². The van der Waals surface area contributed by atoms with Crippen LogP contribution in [0.5, 0.6) is 0 Å². The van der Waals surface area contributed by atoms with Crippen LogP contribution in [0, 0.1) is 0 Å². The van der Waals surface area contributed by atoms with Gasteiger partial charge in [0.25, 0.3) is 0 Å². The van der Waals surface area contributed by atoms with Gasteiger partial charge >= 0.3 is 5.97 Å². The van der Waals surface area contributed by atoms with Gasteiger partial charge in [-0.2, -0.15) is 4.31 Å². The summed E-state index contributed by atoms with van der Waals surface area (Å²) in [4.78, 5) is 10.9. The van der Waals surface area contributed by atoms with Crippen molar-refractivity contribution in [3.63, 3.8) is 0 Å². The lowest BCUT2D eigenvalue weighted by Crippen LogP contribution is -2.36. The monoisotopic (exact) mass is 325 g/mol. The van der Waals surface area contributed by atoms with Gasteiger partial charge in [0, 0.05) is 6.54 Å². The van der Waals surface area contributed by atoms with E-state index in [-0.39, 0.29) is 11.4 Å². The molecule has 0 aliphatic carbocycles. The van der Waals surface area contributed by atoms with Gasteiger partial charge in [0.2, 0.25) is 10.0 Å². The molecule has 1 aromatic heterocycles. The molecule has 22 heavy (non-hydrogen) atoms. The molecule has 0 spiro atoms. The van der Waals surface area contributed by atoms with Crippen LogP contribution in [0.15, 0.2) is 35.5 Å². The average Bonchev–Trinajstić information content (AvgIpc) is 3.01. The first-order valence-electron chi connectivity index (χ1n) is 6.50. The molecule has 10 heteroatoms. The van der Waals surface area contributed by atoms with Crippen LogP contribution in [0.1, 0.15) is 13.3 Å². The molecule has 0 aliphatic heterocycles. The van der Waals surface area contributed by atoms with Crippen molar-refractivity contribution in [3.05, 3.63) is 30.6 Å². The zero-order chi connectivity index (χ0) is 16.2. The minimum absolute atomic E-state index is 0.0269. The van der Waals surface area contributed by atoms with Gasteiger partial charge < -0.3 is 5.11 Å². The molecule has 1 N–H and O–H groups in total. The average molecular weight is 325 g/mol. The molecule has 0 saturated carbocycles. The summed E-state index contributed by atoms with van der Waals surface area (Å²) in [5, 5.41) is 19.5. The second-order valence-electron chi connectivity index (χ2n) is 4.48. The molecule has 0 atom stereocenters. The maximum absolute atomic E-state index is 12.5. The maximum atomic E-state index is 12.5. The third-order valence-corrected chi connectivity index (χ3v) is 4.73. The number of nitrogens with zero attached hydrogens (tertiary/aromatic N) is 5. The normalized spacial score (nSPS) is 11.7. The zero-order valence-corrected chi connectivity index (χ0v) is 12.6. The lowest BCUT2D eigenvalue weighted by Gasteiger charge is -2.19. The van der Waals surface area contributed by atoms with Crippen molar-refractivity contribution in [2.75, 3.05) is 13.1 Å². The number of carbonyl (C=O) groups is 1. The van der Waals surface area contributed by atoms with E-state index in [1.807, 2.05) is 0 Å². The summed E-state index contributed by atoms with van der Waals surface area (Å²) < 4.78 is 27.3. The molecule has 0 radical (unpaired) electrons. The second kappa shape index (κ2) is 6.62. The van der Waals surface area contributed by atoms with Gasteiger partial charge in [-0.25, -0.2) is 13.1 Å². The summed E-state index contributed by atoms with van der Waals surface area (Å²) in [6, 6.07) is 5.90. The zero-order valence-electron chi connectivity index (χ0n) is 11.8. The van der Waals surface area contributed by atoms with Gasteiger partial charge in [0.05, 0.1) is 10.6 Å². The number of benzene rings is 1. The lowest BCUT2D eigenvalue weighted by molar-refractivity contribution is -0.137. The van der Waals surface area contributed by atoms with Crippen LogP contribution >= 0.6 is 0 Å². The fourth-order valence-corrected chi connectivity index (χ4v) is 3.37. The number of hydrogen-bond donors (Lipinski definition) is 1. The van der Waals surface area contributed by atoms with Gasteiger partial charge in [-0.1, -0.05) is 6.92 Å². The Hall–Kier alpha value is -2.33. The Labute approximate surface area is 127 Å². The van der Waals surface area contributed by atoms with Crippen molar-refractivity contribution in [1.29, 1.82) is 0 Å². The van der Waals surface area contributed by atoms with Crippen LogP contribution in [-0.4, -0.2) is 57.1 Å². The van der Waals surface area contributed by atoms with Crippen molar-refractivity contribution in [1.82, 2.24) is 24.5 Å². The van der Waals surface area contributed by atoms with Crippen LogP contribution in [0.4, 0.5) is 0 Å². The van der Waals surface area contributed by atoms with Crippen molar-refractivity contribution in [3.8, 4) is 5.69 Å². The minimum atomic E-state index is -3.85. The molecule has 1 aromatic carbocycles. The smallest absolute Gasteiger partial charge is 0.318 e. The summed E-state index contributed by atoms with van der Waals surface area (Å²) >= 11 is 0. The van der Waals surface area contributed by atoms with E-state index >= 15 is 0 Å². The molecule has 0 saturated heterocycles. The first-order valence-corrected chi connectivity index (χ1v) is 7.94. The highest BCUT2D eigenvalue weighted by atomic mass is 32.2. The third-order valence-electron chi connectivity index (χ3n) is 2.87. The molecular weight excluding hydrogens is 310 g/mol. The Morgan fingerprint density at radius 2 is 2.00 bits per heavy atom. The fraction of sp³-hybridized carbons (Fsp3) is 0.333. The van der Waals surface area contributed by atoms with Gasteiger partial charge in [-0.3, -0.25) is 4.79 Å². The Balaban J connectivity index is 2.30. The summed E-state index contributed by atoms with van der Waals surface area (Å²) in [5.74, 6) is -1.19. The highest BCUT2D eigenvalue weighted by molar-refractivity contribution is 7.89. The van der Waals surface area contributed by atoms with E-state index in [1.165, 1.54) is 23.1 Å². The number of hydrogen-bond acceptors (Lipinski definition) is 6.